The first-order valence-corrected chi connectivity index (χ1v) is 4.94. The lowest BCUT2D eigenvalue weighted by Gasteiger charge is -2.07. The second kappa shape index (κ2) is 4.78. The Morgan fingerprint density at radius 2 is 1.82 bits per heavy atom. The molecule has 0 spiro atoms. The van der Waals surface area contributed by atoms with Gasteiger partial charge in [-0.05, 0) is 18.2 Å². The molecule has 0 aliphatic carbocycles. The molecule has 0 bridgehead atoms. The molecule has 17 heavy (non-hydrogen) atoms. The minimum Gasteiger partial charge on any atom is -0.483 e. The van der Waals surface area contributed by atoms with Crippen LogP contribution in [0.2, 0.25) is 0 Å². The van der Waals surface area contributed by atoms with Crippen molar-refractivity contribution in [2.75, 3.05) is 5.73 Å². The standard InChI is InChI=1S/C12H10F2N2O/c13-9-2-1-3-10(14)12(9)17-7-8-4-5-11(15)16-6-8/h1-6H,7H2,(H2,15,16). The van der Waals surface area contributed by atoms with E-state index in [1.54, 1.807) is 12.1 Å². The first-order chi connectivity index (χ1) is 8.16. The monoisotopic (exact) mass is 236 g/mol. The summed E-state index contributed by atoms with van der Waals surface area (Å²) in [5, 5.41) is 0. The summed E-state index contributed by atoms with van der Waals surface area (Å²) < 4.78 is 31.5. The highest BCUT2D eigenvalue weighted by atomic mass is 19.1. The van der Waals surface area contributed by atoms with E-state index < -0.39 is 11.6 Å². The number of aromatic nitrogens is 1. The number of nitrogens with zero attached hydrogens (tertiary/aromatic N) is 1. The first kappa shape index (κ1) is 11.3. The predicted octanol–water partition coefficient (Wildman–Crippen LogP) is 2.52. The summed E-state index contributed by atoms with van der Waals surface area (Å²) in [5.74, 6) is -1.46. The van der Waals surface area contributed by atoms with Gasteiger partial charge in [-0.3, -0.25) is 0 Å². The molecule has 3 nitrogen and oxygen atoms in total. The van der Waals surface area contributed by atoms with E-state index in [4.69, 9.17) is 10.5 Å². The van der Waals surface area contributed by atoms with E-state index in [1.807, 2.05) is 0 Å². The van der Waals surface area contributed by atoms with Crippen LogP contribution >= 0.6 is 0 Å². The van der Waals surface area contributed by atoms with E-state index in [1.165, 1.54) is 12.3 Å². The van der Waals surface area contributed by atoms with Gasteiger partial charge in [0.2, 0.25) is 0 Å². The van der Waals surface area contributed by atoms with E-state index in [0.29, 0.717) is 11.4 Å². The molecule has 0 fully saturated rings. The summed E-state index contributed by atoms with van der Waals surface area (Å²) in [6, 6.07) is 6.83. The Kier molecular flexibility index (Phi) is 3.18. The topological polar surface area (TPSA) is 48.1 Å². The van der Waals surface area contributed by atoms with Gasteiger partial charge in [-0.25, -0.2) is 13.8 Å². The number of para-hydroxylation sites is 1. The number of ether oxygens (including phenoxy) is 1. The lowest BCUT2D eigenvalue weighted by Crippen LogP contribution is -2.00. The zero-order valence-corrected chi connectivity index (χ0v) is 8.86. The molecule has 0 unspecified atom stereocenters. The Bertz CT molecular complexity index is 494. The molecule has 2 aromatic rings. The van der Waals surface area contributed by atoms with Crippen LogP contribution in [0.1, 0.15) is 5.56 Å². The Morgan fingerprint density at radius 1 is 1.12 bits per heavy atom. The van der Waals surface area contributed by atoms with Crippen LogP contribution in [0.15, 0.2) is 36.5 Å². The van der Waals surface area contributed by atoms with Gasteiger partial charge >= 0.3 is 0 Å². The fourth-order valence-corrected chi connectivity index (χ4v) is 1.30. The summed E-state index contributed by atoms with van der Waals surface area (Å²) in [6.07, 6.45) is 1.49. The van der Waals surface area contributed by atoms with Crippen LogP contribution in [0.25, 0.3) is 0 Å². The zero-order valence-electron chi connectivity index (χ0n) is 8.86. The molecular weight excluding hydrogens is 226 g/mol. The fraction of sp³-hybridized carbons (Fsp3) is 0.0833. The van der Waals surface area contributed by atoms with Gasteiger partial charge in [-0.15, -0.1) is 0 Å². The number of anilines is 1. The average molecular weight is 236 g/mol. The number of nitrogens with two attached hydrogens (primary N) is 1. The normalized spacial score (nSPS) is 10.2. The van der Waals surface area contributed by atoms with Gasteiger partial charge in [0, 0.05) is 11.8 Å². The number of nitrogen functional groups attached to an aromatic ring is 1. The number of rotatable bonds is 3. The Morgan fingerprint density at radius 3 is 2.41 bits per heavy atom. The Hall–Kier alpha value is -2.17. The van der Waals surface area contributed by atoms with Crippen molar-refractivity contribution in [2.45, 2.75) is 6.61 Å². The lowest BCUT2D eigenvalue weighted by molar-refractivity contribution is 0.274. The van der Waals surface area contributed by atoms with Gasteiger partial charge in [-0.2, -0.15) is 0 Å². The number of hydrogen-bond donors (Lipinski definition) is 1. The van der Waals surface area contributed by atoms with Crippen LogP contribution < -0.4 is 10.5 Å². The maximum atomic E-state index is 13.2. The van der Waals surface area contributed by atoms with E-state index in [0.717, 1.165) is 12.1 Å². The number of hydrogen-bond acceptors (Lipinski definition) is 3. The van der Waals surface area contributed by atoms with Crippen LogP contribution in [0, 0.1) is 11.6 Å². The second-order valence-corrected chi connectivity index (χ2v) is 3.43. The molecule has 2 rings (SSSR count). The smallest absolute Gasteiger partial charge is 0.191 e. The Balaban J connectivity index is 2.10. The van der Waals surface area contributed by atoms with Crippen molar-refractivity contribution in [3.8, 4) is 5.75 Å². The van der Waals surface area contributed by atoms with E-state index >= 15 is 0 Å². The molecule has 0 atom stereocenters. The van der Waals surface area contributed by atoms with Crippen LogP contribution in [-0.4, -0.2) is 4.98 Å². The third-order valence-electron chi connectivity index (χ3n) is 2.15. The summed E-state index contributed by atoms with van der Waals surface area (Å²) in [4.78, 5) is 3.85. The molecule has 0 saturated heterocycles. The highest BCUT2D eigenvalue weighted by Crippen LogP contribution is 2.21. The molecule has 0 saturated carbocycles. The van der Waals surface area contributed by atoms with Gasteiger partial charge < -0.3 is 10.5 Å². The van der Waals surface area contributed by atoms with Crippen molar-refractivity contribution < 1.29 is 13.5 Å². The van der Waals surface area contributed by atoms with E-state index in [2.05, 4.69) is 4.98 Å². The summed E-state index contributed by atoms with van der Waals surface area (Å²) in [7, 11) is 0. The third kappa shape index (κ3) is 2.69. The molecule has 2 N–H and O–H groups in total. The van der Waals surface area contributed by atoms with Crippen molar-refractivity contribution in [1.82, 2.24) is 4.98 Å². The molecule has 1 aromatic heterocycles. The third-order valence-corrected chi connectivity index (χ3v) is 2.15. The van der Waals surface area contributed by atoms with Crippen LogP contribution in [0.5, 0.6) is 5.75 Å². The van der Waals surface area contributed by atoms with Crippen LogP contribution in [0.4, 0.5) is 14.6 Å². The Labute approximate surface area is 96.9 Å². The molecule has 0 aliphatic heterocycles. The summed E-state index contributed by atoms with van der Waals surface area (Å²) in [6.45, 7) is 0.0329. The molecular formula is C12H10F2N2O. The SMILES string of the molecule is Nc1ccc(COc2c(F)cccc2F)cn1. The molecule has 0 radical (unpaired) electrons. The predicted molar refractivity (Wildman–Crippen MR) is 59.3 cm³/mol. The number of benzene rings is 1. The fourth-order valence-electron chi connectivity index (χ4n) is 1.30. The maximum absolute atomic E-state index is 13.2. The van der Waals surface area contributed by atoms with Crippen molar-refractivity contribution in [3.63, 3.8) is 0 Å². The van der Waals surface area contributed by atoms with Gasteiger partial charge in [-0.1, -0.05) is 12.1 Å². The maximum Gasteiger partial charge on any atom is 0.191 e. The molecule has 88 valence electrons. The quantitative estimate of drug-likeness (QED) is 0.890. The number of pyridine rings is 1. The van der Waals surface area contributed by atoms with Crippen molar-refractivity contribution in [2.24, 2.45) is 0 Å². The molecule has 0 amide bonds. The molecule has 0 aliphatic rings. The second-order valence-electron chi connectivity index (χ2n) is 3.43. The van der Waals surface area contributed by atoms with Crippen LogP contribution in [-0.2, 0) is 6.61 Å². The van der Waals surface area contributed by atoms with Gasteiger partial charge in [0.15, 0.2) is 17.4 Å². The van der Waals surface area contributed by atoms with Crippen LogP contribution in [0.3, 0.4) is 0 Å². The zero-order chi connectivity index (χ0) is 12.3. The highest BCUT2D eigenvalue weighted by molar-refractivity contribution is 5.30. The minimum absolute atomic E-state index is 0.0329. The van der Waals surface area contributed by atoms with E-state index in [-0.39, 0.29) is 12.4 Å². The first-order valence-electron chi connectivity index (χ1n) is 4.94. The molecule has 5 heteroatoms. The highest BCUT2D eigenvalue weighted by Gasteiger charge is 2.09. The van der Waals surface area contributed by atoms with Gasteiger partial charge in [0.25, 0.3) is 0 Å². The lowest BCUT2D eigenvalue weighted by atomic mass is 10.3. The summed E-state index contributed by atoms with van der Waals surface area (Å²) in [5.41, 5.74) is 6.09. The minimum atomic E-state index is -0.728. The molecule has 1 heterocycles. The van der Waals surface area contributed by atoms with Crippen molar-refractivity contribution in [3.05, 3.63) is 53.7 Å². The van der Waals surface area contributed by atoms with Crippen molar-refractivity contribution >= 4 is 5.82 Å². The summed E-state index contributed by atoms with van der Waals surface area (Å²) >= 11 is 0. The van der Waals surface area contributed by atoms with Gasteiger partial charge in [0.1, 0.15) is 12.4 Å². The van der Waals surface area contributed by atoms with Gasteiger partial charge in [0.05, 0.1) is 0 Å². The van der Waals surface area contributed by atoms with E-state index in [9.17, 15) is 8.78 Å². The largest absolute Gasteiger partial charge is 0.483 e. The molecule has 1 aromatic carbocycles. The average Bonchev–Trinajstić information content (AvgIpc) is 2.31. The van der Waals surface area contributed by atoms with Crippen molar-refractivity contribution in [1.29, 1.82) is 0 Å². The number of halogens is 2.